The molecule has 1 amide bonds. The molecule has 3 atom stereocenters. The van der Waals surface area contributed by atoms with Crippen LogP contribution in [0, 0.1) is 11.8 Å². The Morgan fingerprint density at radius 1 is 1.15 bits per heavy atom. The summed E-state index contributed by atoms with van der Waals surface area (Å²) in [5, 5.41) is 12.1. The summed E-state index contributed by atoms with van der Waals surface area (Å²) in [5.41, 5.74) is 1.01. The number of nitrogens with one attached hydrogen (secondary N) is 1. The van der Waals surface area contributed by atoms with Crippen LogP contribution in [0.3, 0.4) is 0 Å². The lowest BCUT2D eigenvalue weighted by atomic mass is 9.82. The lowest BCUT2D eigenvalue weighted by Crippen LogP contribution is -2.39. The fourth-order valence-electron chi connectivity index (χ4n) is 2.52. The van der Waals surface area contributed by atoms with Crippen LogP contribution < -0.4 is 5.32 Å². The lowest BCUT2D eigenvalue weighted by molar-refractivity contribution is -0.147. The van der Waals surface area contributed by atoms with Crippen LogP contribution in [-0.2, 0) is 9.59 Å². The highest BCUT2D eigenvalue weighted by atomic mass is 16.4. The summed E-state index contributed by atoms with van der Waals surface area (Å²) >= 11 is 0. The first-order valence-corrected chi connectivity index (χ1v) is 6.82. The normalized spacial score (nSPS) is 23.1. The van der Waals surface area contributed by atoms with Gasteiger partial charge in [-0.3, -0.25) is 9.59 Å². The van der Waals surface area contributed by atoms with E-state index in [9.17, 15) is 14.7 Å². The summed E-state index contributed by atoms with van der Waals surface area (Å²) in [6.45, 7) is 1.90. The third-order valence-electron chi connectivity index (χ3n) is 3.74. The van der Waals surface area contributed by atoms with Crippen LogP contribution in [0.4, 0.5) is 0 Å². The van der Waals surface area contributed by atoms with Gasteiger partial charge < -0.3 is 10.4 Å². The smallest absolute Gasteiger partial charge is 0.307 e. The van der Waals surface area contributed by atoms with E-state index in [4.69, 9.17) is 0 Å². The van der Waals surface area contributed by atoms with E-state index in [2.05, 4.69) is 5.32 Å². The number of hydrogen-bond acceptors (Lipinski definition) is 2. The van der Waals surface area contributed by atoms with Crippen molar-refractivity contribution < 1.29 is 14.7 Å². The fraction of sp³-hybridized carbons (Fsp3) is 0.375. The Labute approximate surface area is 118 Å². The first-order valence-electron chi connectivity index (χ1n) is 6.82. The second kappa shape index (κ2) is 6.37. The number of carboxylic acids is 1. The SMILES string of the molecule is C[C@H](NC(=O)[C@@H]1CC=CC[C@@H]1C(=O)O)c1ccccc1. The maximum Gasteiger partial charge on any atom is 0.307 e. The molecule has 0 saturated heterocycles. The van der Waals surface area contributed by atoms with E-state index in [1.54, 1.807) is 0 Å². The van der Waals surface area contributed by atoms with Crippen molar-refractivity contribution in [1.29, 1.82) is 0 Å². The molecule has 1 aromatic rings. The van der Waals surface area contributed by atoms with E-state index in [1.165, 1.54) is 0 Å². The van der Waals surface area contributed by atoms with Crippen molar-refractivity contribution >= 4 is 11.9 Å². The van der Waals surface area contributed by atoms with Gasteiger partial charge in [0.1, 0.15) is 0 Å². The molecule has 2 rings (SSSR count). The van der Waals surface area contributed by atoms with Crippen LogP contribution in [0.25, 0.3) is 0 Å². The number of benzene rings is 1. The van der Waals surface area contributed by atoms with Gasteiger partial charge in [0.2, 0.25) is 5.91 Å². The predicted molar refractivity (Wildman–Crippen MR) is 76.0 cm³/mol. The second-order valence-corrected chi connectivity index (χ2v) is 5.13. The Morgan fingerprint density at radius 3 is 2.35 bits per heavy atom. The molecular weight excluding hydrogens is 254 g/mol. The average Bonchev–Trinajstić information content (AvgIpc) is 2.48. The Balaban J connectivity index is 2.04. The van der Waals surface area contributed by atoms with Gasteiger partial charge in [-0.15, -0.1) is 0 Å². The van der Waals surface area contributed by atoms with Gasteiger partial charge in [-0.1, -0.05) is 42.5 Å². The first-order chi connectivity index (χ1) is 9.59. The monoisotopic (exact) mass is 273 g/mol. The molecule has 0 fully saturated rings. The largest absolute Gasteiger partial charge is 0.481 e. The van der Waals surface area contributed by atoms with Gasteiger partial charge in [0.25, 0.3) is 0 Å². The van der Waals surface area contributed by atoms with E-state index in [0.29, 0.717) is 12.8 Å². The number of carbonyl (C=O) groups excluding carboxylic acids is 1. The van der Waals surface area contributed by atoms with Crippen molar-refractivity contribution in [2.75, 3.05) is 0 Å². The summed E-state index contributed by atoms with van der Waals surface area (Å²) in [7, 11) is 0. The first kappa shape index (κ1) is 14.3. The Hall–Kier alpha value is -2.10. The van der Waals surface area contributed by atoms with Gasteiger partial charge in [0.05, 0.1) is 17.9 Å². The third-order valence-corrected chi connectivity index (χ3v) is 3.74. The predicted octanol–water partition coefficient (Wildman–Crippen LogP) is 2.53. The molecule has 0 unspecified atom stereocenters. The molecule has 0 aliphatic heterocycles. The summed E-state index contributed by atoms with van der Waals surface area (Å²) in [6, 6.07) is 9.53. The standard InChI is InChI=1S/C16H19NO3/c1-11(12-7-3-2-4-8-12)17-15(18)13-9-5-6-10-14(13)16(19)20/h2-8,11,13-14H,9-10H2,1H3,(H,17,18)(H,19,20)/t11-,13+,14-/m0/s1. The summed E-state index contributed by atoms with van der Waals surface area (Å²) < 4.78 is 0. The van der Waals surface area contributed by atoms with Gasteiger partial charge in [-0.2, -0.15) is 0 Å². The molecule has 0 bridgehead atoms. The number of hydrogen-bond donors (Lipinski definition) is 2. The highest BCUT2D eigenvalue weighted by Crippen LogP contribution is 2.27. The van der Waals surface area contributed by atoms with Crippen molar-refractivity contribution in [2.24, 2.45) is 11.8 Å². The van der Waals surface area contributed by atoms with E-state index < -0.39 is 17.8 Å². The fourth-order valence-corrected chi connectivity index (χ4v) is 2.52. The number of carboxylic acid groups (broad SMARTS) is 1. The molecule has 0 radical (unpaired) electrons. The Morgan fingerprint density at radius 2 is 1.75 bits per heavy atom. The summed E-state index contributed by atoms with van der Waals surface area (Å²) in [5.74, 6) is -2.19. The van der Waals surface area contributed by atoms with E-state index in [-0.39, 0.29) is 11.9 Å². The van der Waals surface area contributed by atoms with Gasteiger partial charge in [0.15, 0.2) is 0 Å². The van der Waals surface area contributed by atoms with Crippen LogP contribution in [0.1, 0.15) is 31.4 Å². The van der Waals surface area contributed by atoms with E-state index in [1.807, 2.05) is 49.4 Å². The number of amides is 1. The number of allylic oxidation sites excluding steroid dienone is 2. The van der Waals surface area contributed by atoms with Gasteiger partial charge in [0, 0.05) is 0 Å². The van der Waals surface area contributed by atoms with Gasteiger partial charge >= 0.3 is 5.97 Å². The molecule has 0 spiro atoms. The van der Waals surface area contributed by atoms with Crippen molar-refractivity contribution in [3.63, 3.8) is 0 Å². The topological polar surface area (TPSA) is 66.4 Å². The molecule has 0 saturated carbocycles. The van der Waals surface area contributed by atoms with Gasteiger partial charge in [-0.05, 0) is 25.3 Å². The van der Waals surface area contributed by atoms with E-state index in [0.717, 1.165) is 5.56 Å². The van der Waals surface area contributed by atoms with Crippen molar-refractivity contribution in [2.45, 2.75) is 25.8 Å². The third kappa shape index (κ3) is 3.26. The highest BCUT2D eigenvalue weighted by Gasteiger charge is 2.34. The minimum Gasteiger partial charge on any atom is -0.481 e. The number of carbonyl (C=O) groups is 2. The minimum atomic E-state index is -0.901. The van der Waals surface area contributed by atoms with Crippen LogP contribution in [-0.4, -0.2) is 17.0 Å². The number of aliphatic carboxylic acids is 1. The van der Waals surface area contributed by atoms with Crippen LogP contribution >= 0.6 is 0 Å². The molecule has 4 heteroatoms. The molecule has 4 nitrogen and oxygen atoms in total. The average molecular weight is 273 g/mol. The van der Waals surface area contributed by atoms with Gasteiger partial charge in [-0.25, -0.2) is 0 Å². The molecule has 0 aromatic heterocycles. The molecule has 2 N–H and O–H groups in total. The maximum absolute atomic E-state index is 12.3. The van der Waals surface area contributed by atoms with Crippen LogP contribution in [0.5, 0.6) is 0 Å². The molecular formula is C16H19NO3. The Kier molecular flexibility index (Phi) is 4.56. The number of rotatable bonds is 4. The quantitative estimate of drug-likeness (QED) is 0.828. The summed E-state index contributed by atoms with van der Waals surface area (Å²) in [6.07, 6.45) is 4.64. The van der Waals surface area contributed by atoms with Crippen LogP contribution in [0.15, 0.2) is 42.5 Å². The van der Waals surface area contributed by atoms with Crippen molar-refractivity contribution in [1.82, 2.24) is 5.32 Å². The Bertz CT molecular complexity index is 510. The summed E-state index contributed by atoms with van der Waals surface area (Å²) in [4.78, 5) is 23.5. The molecule has 1 aromatic carbocycles. The zero-order valence-electron chi connectivity index (χ0n) is 11.5. The minimum absolute atomic E-state index is 0.121. The molecule has 20 heavy (non-hydrogen) atoms. The molecule has 1 aliphatic carbocycles. The van der Waals surface area contributed by atoms with E-state index >= 15 is 0 Å². The maximum atomic E-state index is 12.3. The molecule has 1 aliphatic rings. The molecule has 0 heterocycles. The second-order valence-electron chi connectivity index (χ2n) is 5.13. The highest BCUT2D eigenvalue weighted by molar-refractivity contribution is 5.85. The van der Waals surface area contributed by atoms with Crippen molar-refractivity contribution in [3.05, 3.63) is 48.0 Å². The van der Waals surface area contributed by atoms with Crippen molar-refractivity contribution in [3.8, 4) is 0 Å². The zero-order chi connectivity index (χ0) is 14.5. The zero-order valence-corrected chi connectivity index (χ0v) is 11.5. The molecule has 106 valence electrons. The lowest BCUT2D eigenvalue weighted by Gasteiger charge is -2.26. The van der Waals surface area contributed by atoms with Crippen LogP contribution in [0.2, 0.25) is 0 Å².